The Labute approximate surface area is 177 Å². The summed E-state index contributed by atoms with van der Waals surface area (Å²) >= 11 is 5.64. The molecule has 2 heterocycles. The fourth-order valence-corrected chi connectivity index (χ4v) is 3.63. The van der Waals surface area contributed by atoms with Crippen molar-refractivity contribution in [1.82, 2.24) is 20.9 Å². The number of rotatable bonds is 9. The summed E-state index contributed by atoms with van der Waals surface area (Å²) in [6.45, 7) is 0.221. The van der Waals surface area contributed by atoms with Gasteiger partial charge in [-0.3, -0.25) is 19.2 Å². The van der Waals surface area contributed by atoms with Crippen LogP contribution in [-0.2, 0) is 14.4 Å². The lowest BCUT2D eigenvalue weighted by Gasteiger charge is -2.19. The first kappa shape index (κ1) is 21.6. The number of H-pyrrole nitrogens is 1. The zero-order valence-electron chi connectivity index (χ0n) is 16.4. The molecule has 9 nitrogen and oxygen atoms in total. The number of ketones is 1. The first-order valence-electron chi connectivity index (χ1n) is 9.52. The molecular formula is C20H23ClN4O5. The molecule has 1 aliphatic heterocycles. The van der Waals surface area contributed by atoms with Crippen LogP contribution in [0.15, 0.2) is 24.3 Å². The molecule has 0 spiro atoms. The van der Waals surface area contributed by atoms with E-state index in [1.807, 2.05) is 6.07 Å². The monoisotopic (exact) mass is 434 g/mol. The van der Waals surface area contributed by atoms with E-state index in [9.17, 15) is 19.2 Å². The van der Waals surface area contributed by atoms with E-state index in [0.717, 1.165) is 10.9 Å². The SMILES string of the molecule is COc1cccc2[nH]c(C(=O)NCC(=O)NC(CC3CCNC3=O)C(=O)CCl)cc12. The van der Waals surface area contributed by atoms with E-state index in [0.29, 0.717) is 18.7 Å². The number of alkyl halides is 1. The average molecular weight is 435 g/mol. The smallest absolute Gasteiger partial charge is 0.268 e. The number of halogens is 1. The Hall–Kier alpha value is -3.07. The minimum Gasteiger partial charge on any atom is -0.496 e. The van der Waals surface area contributed by atoms with Gasteiger partial charge < -0.3 is 25.7 Å². The predicted molar refractivity (Wildman–Crippen MR) is 111 cm³/mol. The van der Waals surface area contributed by atoms with Crippen LogP contribution in [0.5, 0.6) is 5.75 Å². The fourth-order valence-electron chi connectivity index (χ4n) is 3.45. The molecule has 0 bridgehead atoms. The number of methoxy groups -OCH3 is 1. The summed E-state index contributed by atoms with van der Waals surface area (Å²) in [5.74, 6) is -1.53. The van der Waals surface area contributed by atoms with E-state index in [1.54, 1.807) is 25.3 Å². The third-order valence-corrected chi connectivity index (χ3v) is 5.30. The number of hydrogen-bond acceptors (Lipinski definition) is 5. The van der Waals surface area contributed by atoms with Crippen molar-refractivity contribution < 1.29 is 23.9 Å². The minimum absolute atomic E-state index is 0.140. The van der Waals surface area contributed by atoms with E-state index in [2.05, 4.69) is 20.9 Å². The molecule has 1 aromatic carbocycles. The molecule has 1 aliphatic rings. The Balaban J connectivity index is 1.58. The molecule has 30 heavy (non-hydrogen) atoms. The second-order valence-electron chi connectivity index (χ2n) is 7.02. The number of aromatic amines is 1. The number of carbonyl (C=O) groups is 4. The highest BCUT2D eigenvalue weighted by Crippen LogP contribution is 2.25. The van der Waals surface area contributed by atoms with Crippen molar-refractivity contribution in [3.63, 3.8) is 0 Å². The summed E-state index contributed by atoms with van der Waals surface area (Å²) in [5.41, 5.74) is 1.00. The topological polar surface area (TPSA) is 129 Å². The van der Waals surface area contributed by atoms with Gasteiger partial charge in [0, 0.05) is 23.4 Å². The van der Waals surface area contributed by atoms with Gasteiger partial charge in [0.1, 0.15) is 11.4 Å². The van der Waals surface area contributed by atoms with Crippen molar-refractivity contribution in [2.45, 2.75) is 18.9 Å². The van der Waals surface area contributed by atoms with E-state index in [4.69, 9.17) is 16.3 Å². The third-order valence-electron chi connectivity index (χ3n) is 5.04. The van der Waals surface area contributed by atoms with Crippen LogP contribution in [0.25, 0.3) is 10.9 Å². The van der Waals surface area contributed by atoms with E-state index in [1.165, 1.54) is 0 Å². The maximum Gasteiger partial charge on any atom is 0.268 e. The fraction of sp³-hybridized carbons (Fsp3) is 0.400. The van der Waals surface area contributed by atoms with E-state index in [-0.39, 0.29) is 42.1 Å². The molecule has 2 aromatic rings. The average Bonchev–Trinajstić information content (AvgIpc) is 3.36. The Bertz CT molecular complexity index is 973. The Morgan fingerprint density at radius 1 is 1.33 bits per heavy atom. The van der Waals surface area contributed by atoms with Crippen molar-refractivity contribution in [1.29, 1.82) is 0 Å². The zero-order chi connectivity index (χ0) is 21.7. The van der Waals surface area contributed by atoms with Gasteiger partial charge in [0.2, 0.25) is 11.8 Å². The molecule has 0 aliphatic carbocycles. The van der Waals surface area contributed by atoms with Gasteiger partial charge in [-0.1, -0.05) is 6.07 Å². The molecule has 1 saturated heterocycles. The summed E-state index contributed by atoms with van der Waals surface area (Å²) < 4.78 is 5.27. The number of nitrogens with one attached hydrogen (secondary N) is 4. The number of aromatic nitrogens is 1. The Morgan fingerprint density at radius 3 is 2.80 bits per heavy atom. The highest BCUT2D eigenvalue weighted by molar-refractivity contribution is 6.28. The van der Waals surface area contributed by atoms with Crippen LogP contribution in [0.1, 0.15) is 23.3 Å². The number of amides is 3. The number of benzene rings is 1. The highest BCUT2D eigenvalue weighted by Gasteiger charge is 2.30. The highest BCUT2D eigenvalue weighted by atomic mass is 35.5. The second-order valence-corrected chi connectivity index (χ2v) is 7.29. The van der Waals surface area contributed by atoms with Crippen LogP contribution < -0.4 is 20.7 Å². The number of fused-ring (bicyclic) bond motifs is 1. The molecule has 3 amide bonds. The van der Waals surface area contributed by atoms with Gasteiger partial charge in [-0.2, -0.15) is 0 Å². The molecular weight excluding hydrogens is 412 g/mol. The molecule has 4 N–H and O–H groups in total. The molecule has 1 aromatic heterocycles. The lowest BCUT2D eigenvalue weighted by Crippen LogP contribution is -2.47. The summed E-state index contributed by atoms with van der Waals surface area (Å²) in [5, 5.41) is 8.53. The van der Waals surface area contributed by atoms with E-state index >= 15 is 0 Å². The van der Waals surface area contributed by atoms with Crippen molar-refractivity contribution in [3.8, 4) is 5.75 Å². The summed E-state index contributed by atoms with van der Waals surface area (Å²) in [6.07, 6.45) is 0.778. The van der Waals surface area contributed by atoms with Crippen LogP contribution in [0.3, 0.4) is 0 Å². The van der Waals surface area contributed by atoms with E-state index < -0.39 is 17.9 Å². The van der Waals surface area contributed by atoms with Gasteiger partial charge in [0.05, 0.1) is 25.6 Å². The number of carbonyl (C=O) groups excluding carboxylic acids is 4. The van der Waals surface area contributed by atoms with Gasteiger partial charge in [-0.05, 0) is 31.0 Å². The lowest BCUT2D eigenvalue weighted by molar-refractivity contribution is -0.128. The van der Waals surface area contributed by atoms with Gasteiger partial charge in [-0.15, -0.1) is 11.6 Å². The first-order chi connectivity index (χ1) is 14.4. The van der Waals surface area contributed by atoms with Gasteiger partial charge >= 0.3 is 0 Å². The van der Waals surface area contributed by atoms with Crippen molar-refractivity contribution in [2.24, 2.45) is 5.92 Å². The molecule has 2 atom stereocenters. The van der Waals surface area contributed by atoms with Crippen molar-refractivity contribution in [3.05, 3.63) is 30.0 Å². The second kappa shape index (κ2) is 9.62. The summed E-state index contributed by atoms with van der Waals surface area (Å²) in [6, 6.07) is 6.15. The summed E-state index contributed by atoms with van der Waals surface area (Å²) in [4.78, 5) is 51.5. The van der Waals surface area contributed by atoms with Crippen LogP contribution in [0, 0.1) is 5.92 Å². The van der Waals surface area contributed by atoms with Crippen LogP contribution >= 0.6 is 11.6 Å². The van der Waals surface area contributed by atoms with Crippen molar-refractivity contribution in [2.75, 3.05) is 26.1 Å². The van der Waals surface area contributed by atoms with Gasteiger partial charge in [0.15, 0.2) is 5.78 Å². The molecule has 10 heteroatoms. The number of Topliss-reactive ketones (excluding diaryl/α,β-unsaturated/α-hetero) is 1. The minimum atomic E-state index is -0.877. The molecule has 2 unspecified atom stereocenters. The van der Waals surface area contributed by atoms with Gasteiger partial charge in [0.25, 0.3) is 5.91 Å². The Morgan fingerprint density at radius 2 is 2.13 bits per heavy atom. The van der Waals surface area contributed by atoms with Gasteiger partial charge in [-0.25, -0.2) is 0 Å². The quantitative estimate of drug-likeness (QED) is 0.432. The predicted octanol–water partition coefficient (Wildman–Crippen LogP) is 0.725. The lowest BCUT2D eigenvalue weighted by atomic mass is 9.96. The van der Waals surface area contributed by atoms with Crippen LogP contribution in [0.2, 0.25) is 0 Å². The standard InChI is InChI=1S/C20H23ClN4O5/c1-30-17-4-2-3-13-12(17)8-15(24-13)20(29)23-10-18(27)25-14(16(26)9-21)7-11-5-6-22-19(11)28/h2-4,8,11,14,24H,5-7,9-10H2,1H3,(H,22,28)(H,23,29)(H,25,27). The summed E-state index contributed by atoms with van der Waals surface area (Å²) in [7, 11) is 1.54. The maximum atomic E-state index is 12.4. The molecule has 0 radical (unpaired) electrons. The third kappa shape index (κ3) is 4.91. The maximum absolute atomic E-state index is 12.4. The molecule has 1 fully saturated rings. The largest absolute Gasteiger partial charge is 0.496 e. The number of ether oxygens (including phenoxy) is 1. The first-order valence-corrected chi connectivity index (χ1v) is 10.1. The molecule has 3 rings (SSSR count). The molecule has 160 valence electrons. The zero-order valence-corrected chi connectivity index (χ0v) is 17.2. The van der Waals surface area contributed by atoms with Crippen molar-refractivity contribution >= 4 is 46.0 Å². The normalized spacial score (nSPS) is 16.7. The Kier molecular flexibility index (Phi) is 6.94. The molecule has 0 saturated carbocycles. The number of hydrogen-bond donors (Lipinski definition) is 4. The van der Waals surface area contributed by atoms with Crippen LogP contribution in [0.4, 0.5) is 0 Å². The van der Waals surface area contributed by atoms with Crippen LogP contribution in [-0.4, -0.2) is 60.6 Å².